The van der Waals surface area contributed by atoms with Crippen molar-refractivity contribution in [2.45, 2.75) is 12.1 Å². The summed E-state index contributed by atoms with van der Waals surface area (Å²) in [7, 11) is 0. The number of halogens is 1. The van der Waals surface area contributed by atoms with Crippen LogP contribution in [-0.2, 0) is 0 Å². The summed E-state index contributed by atoms with van der Waals surface area (Å²) in [6, 6.07) is 8.05. The lowest BCUT2D eigenvalue weighted by Crippen LogP contribution is -2.10. The van der Waals surface area contributed by atoms with Crippen molar-refractivity contribution in [2.24, 2.45) is 0 Å². The monoisotopic (exact) mass is 204 g/mol. The fraction of sp³-hybridized carbons (Fsp3) is 0.333. The van der Waals surface area contributed by atoms with E-state index in [2.05, 4.69) is 10.3 Å². The fourth-order valence-corrected chi connectivity index (χ4v) is 2.35. The predicted octanol–water partition coefficient (Wildman–Crippen LogP) is 2.19. The normalized spacial score (nSPS) is 26.2. The Balaban J connectivity index is 2.10. The van der Waals surface area contributed by atoms with E-state index in [1.165, 1.54) is 0 Å². The minimum absolute atomic E-state index is 0.00106. The molecule has 1 aromatic heterocycles. The van der Waals surface area contributed by atoms with Crippen LogP contribution < -0.4 is 5.32 Å². The van der Waals surface area contributed by atoms with Crippen molar-refractivity contribution in [2.75, 3.05) is 13.1 Å². The van der Waals surface area contributed by atoms with Crippen LogP contribution in [0.3, 0.4) is 0 Å². The molecule has 0 aliphatic carbocycles. The largest absolute Gasteiger partial charge is 0.361 e. The molecule has 1 aromatic carbocycles. The number of hydrogen-bond donors (Lipinski definition) is 2. The molecule has 2 nitrogen and oxygen atoms in total. The van der Waals surface area contributed by atoms with Crippen LogP contribution in [0.2, 0.25) is 0 Å². The van der Waals surface area contributed by atoms with E-state index in [9.17, 15) is 4.39 Å². The maximum Gasteiger partial charge on any atom is 0.121 e. The van der Waals surface area contributed by atoms with Crippen LogP contribution in [0.25, 0.3) is 10.9 Å². The van der Waals surface area contributed by atoms with E-state index < -0.39 is 6.17 Å². The van der Waals surface area contributed by atoms with Gasteiger partial charge in [0.15, 0.2) is 0 Å². The van der Waals surface area contributed by atoms with Crippen LogP contribution in [0.15, 0.2) is 30.5 Å². The highest BCUT2D eigenvalue weighted by atomic mass is 19.1. The van der Waals surface area contributed by atoms with Gasteiger partial charge in [0.2, 0.25) is 0 Å². The first-order valence-electron chi connectivity index (χ1n) is 5.27. The molecule has 1 saturated heterocycles. The van der Waals surface area contributed by atoms with Crippen LogP contribution >= 0.6 is 0 Å². The van der Waals surface area contributed by atoms with Crippen molar-refractivity contribution >= 4 is 10.9 Å². The van der Waals surface area contributed by atoms with Crippen LogP contribution in [-0.4, -0.2) is 24.2 Å². The van der Waals surface area contributed by atoms with Crippen molar-refractivity contribution in [1.82, 2.24) is 10.3 Å². The van der Waals surface area contributed by atoms with Gasteiger partial charge in [-0.2, -0.15) is 0 Å². The molecule has 2 aromatic rings. The Labute approximate surface area is 87.5 Å². The van der Waals surface area contributed by atoms with Gasteiger partial charge in [-0.15, -0.1) is 0 Å². The van der Waals surface area contributed by atoms with Gasteiger partial charge in [-0.3, -0.25) is 0 Å². The molecule has 78 valence electrons. The van der Waals surface area contributed by atoms with E-state index in [-0.39, 0.29) is 5.92 Å². The van der Waals surface area contributed by atoms with E-state index in [1.54, 1.807) is 0 Å². The fourth-order valence-electron chi connectivity index (χ4n) is 2.35. The molecule has 2 N–H and O–H groups in total. The van der Waals surface area contributed by atoms with Gasteiger partial charge >= 0.3 is 0 Å². The Bertz CT molecular complexity index is 477. The van der Waals surface area contributed by atoms with Gasteiger partial charge in [0, 0.05) is 36.1 Å². The minimum Gasteiger partial charge on any atom is -0.361 e. The van der Waals surface area contributed by atoms with E-state index >= 15 is 0 Å². The first-order chi connectivity index (χ1) is 7.36. The zero-order valence-corrected chi connectivity index (χ0v) is 8.33. The molecular weight excluding hydrogens is 191 g/mol. The van der Waals surface area contributed by atoms with Gasteiger partial charge in [-0.05, 0) is 11.6 Å². The topological polar surface area (TPSA) is 27.8 Å². The lowest BCUT2D eigenvalue weighted by molar-refractivity contribution is 0.333. The number of H-pyrrole nitrogens is 1. The molecule has 1 aliphatic heterocycles. The Kier molecular flexibility index (Phi) is 1.99. The Morgan fingerprint density at radius 3 is 2.87 bits per heavy atom. The van der Waals surface area contributed by atoms with Crippen LogP contribution in [0.4, 0.5) is 4.39 Å². The number of nitrogens with one attached hydrogen (secondary N) is 2. The van der Waals surface area contributed by atoms with Gasteiger partial charge in [0.05, 0.1) is 0 Å². The second-order valence-corrected chi connectivity index (χ2v) is 4.07. The third-order valence-corrected chi connectivity index (χ3v) is 3.16. The summed E-state index contributed by atoms with van der Waals surface area (Å²) in [6.45, 7) is 1.22. The lowest BCUT2D eigenvalue weighted by atomic mass is 9.97. The molecule has 0 saturated carbocycles. The Morgan fingerprint density at radius 1 is 1.20 bits per heavy atom. The second kappa shape index (κ2) is 3.35. The molecule has 3 heteroatoms. The highest BCUT2D eigenvalue weighted by Crippen LogP contribution is 2.30. The Hall–Kier alpha value is -1.35. The first kappa shape index (κ1) is 8.92. The van der Waals surface area contributed by atoms with Crippen molar-refractivity contribution < 1.29 is 4.39 Å². The summed E-state index contributed by atoms with van der Waals surface area (Å²) in [6.07, 6.45) is 1.18. The van der Waals surface area contributed by atoms with Crippen LogP contribution in [0.1, 0.15) is 11.5 Å². The smallest absolute Gasteiger partial charge is 0.121 e. The van der Waals surface area contributed by atoms with Gasteiger partial charge in [0.1, 0.15) is 6.17 Å². The third kappa shape index (κ3) is 1.35. The molecular formula is C12H13FN2. The van der Waals surface area contributed by atoms with E-state index in [1.807, 2.05) is 30.5 Å². The zero-order valence-electron chi connectivity index (χ0n) is 8.33. The van der Waals surface area contributed by atoms with Crippen LogP contribution in [0.5, 0.6) is 0 Å². The lowest BCUT2D eigenvalue weighted by Gasteiger charge is -2.09. The van der Waals surface area contributed by atoms with E-state index in [0.29, 0.717) is 6.54 Å². The summed E-state index contributed by atoms with van der Waals surface area (Å²) >= 11 is 0. The molecule has 0 bridgehead atoms. The standard InChI is InChI=1S/C12H13FN2/c13-11-7-14-5-10(11)9-6-15-12-4-2-1-3-8(9)12/h1-4,6,10-11,14-15H,5,7H2. The van der Waals surface area contributed by atoms with Crippen molar-refractivity contribution in [3.8, 4) is 0 Å². The highest BCUT2D eigenvalue weighted by Gasteiger charge is 2.29. The number of aromatic amines is 1. The van der Waals surface area contributed by atoms with E-state index in [0.717, 1.165) is 23.0 Å². The average molecular weight is 204 g/mol. The molecule has 15 heavy (non-hydrogen) atoms. The van der Waals surface area contributed by atoms with E-state index in [4.69, 9.17) is 0 Å². The van der Waals surface area contributed by atoms with Gasteiger partial charge < -0.3 is 10.3 Å². The summed E-state index contributed by atoms with van der Waals surface area (Å²) in [4.78, 5) is 3.19. The Morgan fingerprint density at radius 2 is 2.07 bits per heavy atom. The third-order valence-electron chi connectivity index (χ3n) is 3.16. The average Bonchev–Trinajstić information content (AvgIpc) is 2.83. The van der Waals surface area contributed by atoms with Crippen molar-refractivity contribution in [3.63, 3.8) is 0 Å². The van der Waals surface area contributed by atoms with Gasteiger partial charge in [-0.25, -0.2) is 4.39 Å². The summed E-state index contributed by atoms with van der Waals surface area (Å²) < 4.78 is 13.6. The predicted molar refractivity (Wildman–Crippen MR) is 58.8 cm³/mol. The molecule has 0 spiro atoms. The van der Waals surface area contributed by atoms with Crippen molar-refractivity contribution in [3.05, 3.63) is 36.0 Å². The maximum atomic E-state index is 13.6. The number of rotatable bonds is 1. The molecule has 0 amide bonds. The molecule has 1 aliphatic rings. The molecule has 2 unspecified atom stereocenters. The van der Waals surface area contributed by atoms with Gasteiger partial charge in [-0.1, -0.05) is 18.2 Å². The molecule has 3 rings (SSSR count). The summed E-state index contributed by atoms with van der Waals surface area (Å²) in [5.74, 6) is 0.00106. The quantitative estimate of drug-likeness (QED) is 0.732. The zero-order chi connectivity index (χ0) is 10.3. The molecule has 2 atom stereocenters. The van der Waals surface area contributed by atoms with Crippen molar-refractivity contribution in [1.29, 1.82) is 0 Å². The maximum absolute atomic E-state index is 13.6. The molecule has 0 radical (unpaired) electrons. The molecule has 2 heterocycles. The summed E-state index contributed by atoms with van der Waals surface area (Å²) in [5, 5.41) is 4.23. The summed E-state index contributed by atoms with van der Waals surface area (Å²) in [5.41, 5.74) is 2.19. The number of fused-ring (bicyclic) bond motifs is 1. The number of para-hydroxylation sites is 1. The minimum atomic E-state index is -0.760. The number of benzene rings is 1. The number of hydrogen-bond acceptors (Lipinski definition) is 1. The van der Waals surface area contributed by atoms with Gasteiger partial charge in [0.25, 0.3) is 0 Å². The first-order valence-corrected chi connectivity index (χ1v) is 5.27. The highest BCUT2D eigenvalue weighted by molar-refractivity contribution is 5.83. The second-order valence-electron chi connectivity index (χ2n) is 4.07. The SMILES string of the molecule is FC1CNCC1c1c[nH]c2ccccc12. The molecule has 1 fully saturated rings. The number of alkyl halides is 1. The van der Waals surface area contributed by atoms with Crippen LogP contribution in [0, 0.1) is 0 Å². The number of aromatic nitrogens is 1.